The quantitative estimate of drug-likeness (QED) is 0.607. The molecular weight excluding hydrogens is 284 g/mol. The molecule has 2 N–H and O–H groups in total. The predicted molar refractivity (Wildman–Crippen MR) is 71.0 cm³/mol. The third-order valence-corrected chi connectivity index (χ3v) is 4.50. The number of ether oxygens (including phenoxy) is 1. The third kappa shape index (κ3) is 2.92. The van der Waals surface area contributed by atoms with Gasteiger partial charge < -0.3 is 4.74 Å². The molecule has 0 saturated carbocycles. The standard InChI is InChI=1S/C12H16N2O5S/c1-8-7-19-11-5-9(12(15)13-16)3-4-10(11)6-14(8)20(2,17)18/h3-5,8,16H,6-7H2,1-2H3,(H,13,15)/t8-/m0/s1. The largest absolute Gasteiger partial charge is 0.492 e. The Kier molecular flexibility index (Phi) is 3.98. The molecule has 1 atom stereocenters. The monoisotopic (exact) mass is 300 g/mol. The Morgan fingerprint density at radius 3 is 2.80 bits per heavy atom. The van der Waals surface area contributed by atoms with Crippen molar-refractivity contribution in [3.8, 4) is 5.75 Å². The van der Waals surface area contributed by atoms with Crippen LogP contribution in [0.25, 0.3) is 0 Å². The molecule has 20 heavy (non-hydrogen) atoms. The third-order valence-electron chi connectivity index (χ3n) is 3.15. The van der Waals surface area contributed by atoms with Gasteiger partial charge in [0.2, 0.25) is 10.0 Å². The summed E-state index contributed by atoms with van der Waals surface area (Å²) in [4.78, 5) is 11.4. The molecule has 1 amide bonds. The number of nitrogens with zero attached hydrogens (tertiary/aromatic N) is 1. The van der Waals surface area contributed by atoms with E-state index in [2.05, 4.69) is 0 Å². The zero-order valence-corrected chi connectivity index (χ0v) is 12.0. The number of benzene rings is 1. The van der Waals surface area contributed by atoms with Crippen molar-refractivity contribution < 1.29 is 23.2 Å². The molecule has 8 heteroatoms. The molecule has 1 heterocycles. The molecule has 0 radical (unpaired) electrons. The molecule has 1 aromatic rings. The summed E-state index contributed by atoms with van der Waals surface area (Å²) in [6.07, 6.45) is 1.15. The Labute approximate surface area is 117 Å². The number of rotatable bonds is 2. The maximum atomic E-state index is 11.8. The van der Waals surface area contributed by atoms with Crippen molar-refractivity contribution in [3.63, 3.8) is 0 Å². The minimum Gasteiger partial charge on any atom is -0.492 e. The average molecular weight is 300 g/mol. The summed E-state index contributed by atoms with van der Waals surface area (Å²) in [5.41, 5.74) is 2.46. The highest BCUT2D eigenvalue weighted by molar-refractivity contribution is 7.88. The highest BCUT2D eigenvalue weighted by Gasteiger charge is 2.28. The smallest absolute Gasteiger partial charge is 0.274 e. The van der Waals surface area contributed by atoms with E-state index in [1.165, 1.54) is 16.4 Å². The number of hydrogen-bond donors (Lipinski definition) is 2. The molecule has 2 rings (SSSR count). The van der Waals surface area contributed by atoms with Gasteiger partial charge in [0.05, 0.1) is 12.3 Å². The van der Waals surface area contributed by atoms with Crippen molar-refractivity contribution in [2.75, 3.05) is 12.9 Å². The Balaban J connectivity index is 2.38. The highest BCUT2D eigenvalue weighted by atomic mass is 32.2. The minimum atomic E-state index is -3.34. The molecule has 0 unspecified atom stereocenters. The summed E-state index contributed by atoms with van der Waals surface area (Å²) in [7, 11) is -3.34. The van der Waals surface area contributed by atoms with Crippen LogP contribution in [0.15, 0.2) is 18.2 Å². The van der Waals surface area contributed by atoms with Crippen molar-refractivity contribution >= 4 is 15.9 Å². The molecule has 7 nitrogen and oxygen atoms in total. The fourth-order valence-corrected chi connectivity index (χ4v) is 3.17. The predicted octanol–water partition coefficient (Wildman–Crippen LogP) is 0.348. The van der Waals surface area contributed by atoms with Gasteiger partial charge in [-0.25, -0.2) is 13.9 Å². The number of hydroxylamine groups is 1. The second-order valence-corrected chi connectivity index (χ2v) is 6.67. The van der Waals surface area contributed by atoms with Crippen LogP contribution in [0.2, 0.25) is 0 Å². The van der Waals surface area contributed by atoms with Crippen LogP contribution in [-0.4, -0.2) is 42.7 Å². The fourth-order valence-electron chi connectivity index (χ4n) is 2.09. The molecule has 0 bridgehead atoms. The number of sulfonamides is 1. The molecule has 1 aromatic carbocycles. The number of fused-ring (bicyclic) bond motifs is 1. The van der Waals surface area contributed by atoms with Gasteiger partial charge in [-0.1, -0.05) is 6.07 Å². The lowest BCUT2D eigenvalue weighted by molar-refractivity contribution is 0.0706. The molecule has 0 fully saturated rings. The van der Waals surface area contributed by atoms with Gasteiger partial charge in [0, 0.05) is 17.7 Å². The van der Waals surface area contributed by atoms with E-state index in [0.717, 1.165) is 6.26 Å². The van der Waals surface area contributed by atoms with Gasteiger partial charge in [-0.15, -0.1) is 0 Å². The Morgan fingerprint density at radius 1 is 1.50 bits per heavy atom. The van der Waals surface area contributed by atoms with Crippen LogP contribution >= 0.6 is 0 Å². The van der Waals surface area contributed by atoms with E-state index in [1.807, 2.05) is 0 Å². The molecule has 0 aliphatic carbocycles. The van der Waals surface area contributed by atoms with Crippen LogP contribution in [-0.2, 0) is 16.6 Å². The first-order valence-electron chi connectivity index (χ1n) is 6.00. The van der Waals surface area contributed by atoms with E-state index in [9.17, 15) is 13.2 Å². The number of hydrogen-bond acceptors (Lipinski definition) is 5. The maximum Gasteiger partial charge on any atom is 0.274 e. The first-order valence-corrected chi connectivity index (χ1v) is 7.84. The van der Waals surface area contributed by atoms with Crippen LogP contribution in [0.4, 0.5) is 0 Å². The lowest BCUT2D eigenvalue weighted by Crippen LogP contribution is -2.39. The summed E-state index contributed by atoms with van der Waals surface area (Å²) < 4.78 is 30.4. The Morgan fingerprint density at radius 2 is 2.20 bits per heavy atom. The maximum absolute atomic E-state index is 11.8. The van der Waals surface area contributed by atoms with Crippen molar-refractivity contribution in [2.45, 2.75) is 19.5 Å². The lowest BCUT2D eigenvalue weighted by Gasteiger charge is -2.23. The molecule has 0 aromatic heterocycles. The summed E-state index contributed by atoms with van der Waals surface area (Å²) in [6, 6.07) is 4.31. The number of carbonyl (C=O) groups excluding carboxylic acids is 1. The molecule has 1 aliphatic heterocycles. The Hall–Kier alpha value is -1.64. The minimum absolute atomic E-state index is 0.191. The zero-order valence-electron chi connectivity index (χ0n) is 11.2. The van der Waals surface area contributed by atoms with Crippen LogP contribution in [0.5, 0.6) is 5.75 Å². The van der Waals surface area contributed by atoms with Gasteiger partial charge in [-0.3, -0.25) is 10.0 Å². The van der Waals surface area contributed by atoms with Gasteiger partial charge in [0.15, 0.2) is 0 Å². The summed E-state index contributed by atoms with van der Waals surface area (Å²) >= 11 is 0. The van der Waals surface area contributed by atoms with Gasteiger partial charge in [0.1, 0.15) is 12.4 Å². The van der Waals surface area contributed by atoms with E-state index in [1.54, 1.807) is 18.5 Å². The van der Waals surface area contributed by atoms with E-state index >= 15 is 0 Å². The lowest BCUT2D eigenvalue weighted by atomic mass is 10.1. The van der Waals surface area contributed by atoms with E-state index < -0.39 is 15.9 Å². The van der Waals surface area contributed by atoms with Crippen LogP contribution in [0, 0.1) is 0 Å². The zero-order chi connectivity index (χ0) is 14.9. The van der Waals surface area contributed by atoms with E-state index in [0.29, 0.717) is 11.3 Å². The summed E-state index contributed by atoms with van der Waals surface area (Å²) in [5.74, 6) is -0.197. The second kappa shape index (κ2) is 5.39. The van der Waals surface area contributed by atoms with E-state index in [-0.39, 0.29) is 24.8 Å². The van der Waals surface area contributed by atoms with Crippen molar-refractivity contribution in [2.24, 2.45) is 0 Å². The highest BCUT2D eigenvalue weighted by Crippen LogP contribution is 2.27. The van der Waals surface area contributed by atoms with Crippen LogP contribution in [0.1, 0.15) is 22.8 Å². The van der Waals surface area contributed by atoms with Crippen molar-refractivity contribution in [3.05, 3.63) is 29.3 Å². The summed E-state index contributed by atoms with van der Waals surface area (Å²) in [5, 5.41) is 8.61. The normalized spacial score (nSPS) is 19.6. The SMILES string of the molecule is C[C@H]1COc2cc(C(=O)NO)ccc2CN1S(C)(=O)=O. The first-order chi connectivity index (χ1) is 9.32. The Bertz CT molecular complexity index is 629. The molecule has 110 valence electrons. The first kappa shape index (κ1) is 14.8. The average Bonchev–Trinajstić information content (AvgIpc) is 2.56. The van der Waals surface area contributed by atoms with Crippen molar-refractivity contribution in [1.82, 2.24) is 9.79 Å². The molecule has 0 saturated heterocycles. The van der Waals surface area contributed by atoms with Gasteiger partial charge in [-0.2, -0.15) is 4.31 Å². The molecule has 0 spiro atoms. The second-order valence-electron chi connectivity index (χ2n) is 4.73. The topological polar surface area (TPSA) is 95.9 Å². The van der Waals surface area contributed by atoms with Gasteiger partial charge in [-0.05, 0) is 19.1 Å². The summed E-state index contributed by atoms with van der Waals surface area (Å²) in [6.45, 7) is 2.15. The van der Waals surface area contributed by atoms with E-state index in [4.69, 9.17) is 9.94 Å². The molecular formula is C12H16N2O5S. The van der Waals surface area contributed by atoms with Crippen molar-refractivity contribution in [1.29, 1.82) is 0 Å². The number of nitrogens with one attached hydrogen (secondary N) is 1. The fraction of sp³-hybridized carbons (Fsp3) is 0.417. The van der Waals surface area contributed by atoms with Crippen LogP contribution in [0.3, 0.4) is 0 Å². The van der Waals surface area contributed by atoms with Gasteiger partial charge in [0.25, 0.3) is 5.91 Å². The number of carbonyl (C=O) groups is 1. The number of amides is 1. The van der Waals surface area contributed by atoms with Gasteiger partial charge >= 0.3 is 0 Å². The molecule has 1 aliphatic rings. The van der Waals surface area contributed by atoms with Crippen LogP contribution < -0.4 is 10.2 Å².